The molecule has 4 heteroatoms. The van der Waals surface area contributed by atoms with Crippen LogP contribution in [0.3, 0.4) is 0 Å². The van der Waals surface area contributed by atoms with E-state index in [0.29, 0.717) is 30.1 Å². The van der Waals surface area contributed by atoms with Crippen LogP contribution in [0.5, 0.6) is 0 Å². The van der Waals surface area contributed by atoms with Crippen LogP contribution in [0.2, 0.25) is 0 Å². The summed E-state index contributed by atoms with van der Waals surface area (Å²) in [6, 6.07) is 4.70. The lowest BCUT2D eigenvalue weighted by atomic mass is 9.94. The highest BCUT2D eigenvalue weighted by Crippen LogP contribution is 2.17. The number of benzene rings is 1. The van der Waals surface area contributed by atoms with E-state index in [4.69, 9.17) is 5.73 Å². The molecule has 1 atom stereocenters. The first-order valence-corrected chi connectivity index (χ1v) is 6.68. The van der Waals surface area contributed by atoms with Gasteiger partial charge in [-0.15, -0.1) is 0 Å². The summed E-state index contributed by atoms with van der Waals surface area (Å²) in [5.41, 5.74) is 6.73. The number of anilines is 1. The third kappa shape index (κ3) is 5.39. The third-order valence-electron chi connectivity index (χ3n) is 3.07. The minimum atomic E-state index is -0.310. The molecule has 3 nitrogen and oxygen atoms in total. The number of halogens is 1. The molecule has 0 saturated heterocycles. The maximum absolute atomic E-state index is 13.4. The van der Waals surface area contributed by atoms with E-state index < -0.39 is 0 Å². The molecule has 0 saturated carbocycles. The summed E-state index contributed by atoms with van der Waals surface area (Å²) < 4.78 is 13.4. The van der Waals surface area contributed by atoms with Gasteiger partial charge < -0.3 is 11.1 Å². The summed E-state index contributed by atoms with van der Waals surface area (Å²) in [5.74, 6) is 0.267. The standard InChI is InChI=1S/C15H23FN2O/c1-10(2)6-12(9-17)7-15(19)18-13-5-4-11(3)14(16)8-13/h4-5,8,10,12H,6-7,9,17H2,1-3H3,(H,18,19). The summed E-state index contributed by atoms with van der Waals surface area (Å²) in [6.07, 6.45) is 1.30. The summed E-state index contributed by atoms with van der Waals surface area (Å²) in [7, 11) is 0. The molecule has 0 aliphatic rings. The maximum Gasteiger partial charge on any atom is 0.224 e. The third-order valence-corrected chi connectivity index (χ3v) is 3.07. The highest BCUT2D eigenvalue weighted by Gasteiger charge is 2.14. The van der Waals surface area contributed by atoms with Crippen molar-refractivity contribution >= 4 is 11.6 Å². The first kappa shape index (κ1) is 15.6. The van der Waals surface area contributed by atoms with E-state index >= 15 is 0 Å². The van der Waals surface area contributed by atoms with Gasteiger partial charge in [-0.25, -0.2) is 4.39 Å². The van der Waals surface area contributed by atoms with E-state index in [1.54, 1.807) is 19.1 Å². The number of aryl methyl sites for hydroxylation is 1. The van der Waals surface area contributed by atoms with Gasteiger partial charge >= 0.3 is 0 Å². The Balaban J connectivity index is 2.56. The molecule has 19 heavy (non-hydrogen) atoms. The zero-order valence-electron chi connectivity index (χ0n) is 11.9. The SMILES string of the molecule is Cc1ccc(NC(=O)CC(CN)CC(C)C)cc1F. The van der Waals surface area contributed by atoms with Crippen molar-refractivity contribution in [1.29, 1.82) is 0 Å². The van der Waals surface area contributed by atoms with Crippen molar-refractivity contribution in [1.82, 2.24) is 0 Å². The van der Waals surface area contributed by atoms with Gasteiger partial charge in [-0.1, -0.05) is 19.9 Å². The van der Waals surface area contributed by atoms with E-state index in [0.717, 1.165) is 6.42 Å². The molecule has 0 spiro atoms. The second-order valence-corrected chi connectivity index (χ2v) is 5.45. The average molecular weight is 266 g/mol. The molecule has 106 valence electrons. The minimum Gasteiger partial charge on any atom is -0.330 e. The highest BCUT2D eigenvalue weighted by molar-refractivity contribution is 5.90. The second-order valence-electron chi connectivity index (χ2n) is 5.45. The van der Waals surface area contributed by atoms with Gasteiger partial charge in [0.2, 0.25) is 5.91 Å². The molecule has 1 aromatic carbocycles. The van der Waals surface area contributed by atoms with Crippen LogP contribution in [0, 0.1) is 24.6 Å². The Morgan fingerprint density at radius 3 is 2.63 bits per heavy atom. The van der Waals surface area contributed by atoms with Gasteiger partial charge in [0, 0.05) is 12.1 Å². The lowest BCUT2D eigenvalue weighted by molar-refractivity contribution is -0.117. The smallest absolute Gasteiger partial charge is 0.224 e. The molecule has 0 bridgehead atoms. The summed E-state index contributed by atoms with van der Waals surface area (Å²) in [4.78, 5) is 11.9. The normalized spacial score (nSPS) is 12.5. The van der Waals surface area contributed by atoms with Crippen molar-refractivity contribution < 1.29 is 9.18 Å². The van der Waals surface area contributed by atoms with Crippen LogP contribution in [-0.2, 0) is 4.79 Å². The quantitative estimate of drug-likeness (QED) is 0.831. The summed E-state index contributed by atoms with van der Waals surface area (Å²) in [6.45, 7) is 6.40. The number of hydrogen-bond donors (Lipinski definition) is 2. The van der Waals surface area contributed by atoms with E-state index in [-0.39, 0.29) is 17.6 Å². The van der Waals surface area contributed by atoms with Crippen molar-refractivity contribution in [2.75, 3.05) is 11.9 Å². The molecule has 0 aliphatic carbocycles. The van der Waals surface area contributed by atoms with Crippen LogP contribution < -0.4 is 11.1 Å². The van der Waals surface area contributed by atoms with Gasteiger partial charge in [0.05, 0.1) is 0 Å². The lowest BCUT2D eigenvalue weighted by Crippen LogP contribution is -2.23. The Hall–Kier alpha value is -1.42. The van der Waals surface area contributed by atoms with Crippen LogP contribution in [0.1, 0.15) is 32.3 Å². The molecule has 3 N–H and O–H groups in total. The van der Waals surface area contributed by atoms with Crippen molar-refractivity contribution in [3.8, 4) is 0 Å². The zero-order chi connectivity index (χ0) is 14.4. The number of hydrogen-bond acceptors (Lipinski definition) is 2. The van der Waals surface area contributed by atoms with Gasteiger partial charge in [0.15, 0.2) is 0 Å². The molecule has 0 aliphatic heterocycles. The molecule has 1 rings (SSSR count). The van der Waals surface area contributed by atoms with Gasteiger partial charge in [-0.3, -0.25) is 4.79 Å². The molecule has 0 aromatic heterocycles. The number of nitrogens with two attached hydrogens (primary N) is 1. The fourth-order valence-corrected chi connectivity index (χ4v) is 2.07. The zero-order valence-corrected chi connectivity index (χ0v) is 11.9. The molecule has 0 heterocycles. The first-order chi connectivity index (χ1) is 8.92. The van der Waals surface area contributed by atoms with Gasteiger partial charge in [-0.2, -0.15) is 0 Å². The Labute approximate surface area is 114 Å². The van der Waals surface area contributed by atoms with E-state index in [2.05, 4.69) is 19.2 Å². The largest absolute Gasteiger partial charge is 0.330 e. The number of nitrogens with one attached hydrogen (secondary N) is 1. The van der Waals surface area contributed by atoms with Crippen LogP contribution in [0.25, 0.3) is 0 Å². The predicted molar refractivity (Wildman–Crippen MR) is 76.4 cm³/mol. The predicted octanol–water partition coefficient (Wildman–Crippen LogP) is 3.08. The van der Waals surface area contributed by atoms with Crippen LogP contribution in [-0.4, -0.2) is 12.5 Å². The summed E-state index contributed by atoms with van der Waals surface area (Å²) in [5, 5.41) is 2.71. The van der Waals surface area contributed by atoms with Crippen molar-refractivity contribution in [2.24, 2.45) is 17.6 Å². The van der Waals surface area contributed by atoms with E-state index in [1.165, 1.54) is 6.07 Å². The first-order valence-electron chi connectivity index (χ1n) is 6.68. The molecular weight excluding hydrogens is 243 g/mol. The fraction of sp³-hybridized carbons (Fsp3) is 0.533. The minimum absolute atomic E-state index is 0.112. The Bertz CT molecular complexity index is 432. The average Bonchev–Trinajstić information content (AvgIpc) is 2.32. The second kappa shape index (κ2) is 7.24. The Morgan fingerprint density at radius 2 is 2.11 bits per heavy atom. The molecule has 1 unspecified atom stereocenters. The van der Waals surface area contributed by atoms with Gasteiger partial charge in [0.1, 0.15) is 5.82 Å². The van der Waals surface area contributed by atoms with Crippen molar-refractivity contribution in [3.63, 3.8) is 0 Å². The molecule has 0 radical (unpaired) electrons. The molecule has 0 fully saturated rings. The number of amides is 1. The summed E-state index contributed by atoms with van der Waals surface area (Å²) >= 11 is 0. The van der Waals surface area contributed by atoms with E-state index in [1.807, 2.05) is 0 Å². The fourth-order valence-electron chi connectivity index (χ4n) is 2.07. The topological polar surface area (TPSA) is 55.1 Å². The monoisotopic (exact) mass is 266 g/mol. The van der Waals surface area contributed by atoms with E-state index in [9.17, 15) is 9.18 Å². The Kier molecular flexibility index (Phi) is 5.96. The Morgan fingerprint density at radius 1 is 1.42 bits per heavy atom. The van der Waals surface area contributed by atoms with Gasteiger partial charge in [0.25, 0.3) is 0 Å². The molecule has 1 aromatic rings. The van der Waals surface area contributed by atoms with Crippen LogP contribution in [0.15, 0.2) is 18.2 Å². The van der Waals surface area contributed by atoms with Crippen LogP contribution >= 0.6 is 0 Å². The maximum atomic E-state index is 13.4. The van der Waals surface area contributed by atoms with Gasteiger partial charge in [-0.05, 0) is 49.4 Å². The van der Waals surface area contributed by atoms with Crippen molar-refractivity contribution in [2.45, 2.75) is 33.6 Å². The number of carbonyl (C=O) groups is 1. The molecular formula is C15H23FN2O. The van der Waals surface area contributed by atoms with Crippen LogP contribution in [0.4, 0.5) is 10.1 Å². The number of rotatable bonds is 6. The molecule has 1 amide bonds. The highest BCUT2D eigenvalue weighted by atomic mass is 19.1. The lowest BCUT2D eigenvalue weighted by Gasteiger charge is -2.16. The number of carbonyl (C=O) groups excluding carboxylic acids is 1. The van der Waals surface area contributed by atoms with Crippen molar-refractivity contribution in [3.05, 3.63) is 29.6 Å².